The van der Waals surface area contributed by atoms with Crippen LogP contribution in [0.2, 0.25) is 0 Å². The lowest BCUT2D eigenvalue weighted by Crippen LogP contribution is -2.28. The zero-order valence-electron chi connectivity index (χ0n) is 7.73. The van der Waals surface area contributed by atoms with Gasteiger partial charge < -0.3 is 10.4 Å². The SMILES string of the molecule is C[C@H]1CN[C@H](C(O)c2cccs2)C1. The summed E-state index contributed by atoms with van der Waals surface area (Å²) in [6.45, 7) is 3.25. The molecule has 1 aromatic rings. The summed E-state index contributed by atoms with van der Waals surface area (Å²) < 4.78 is 0. The molecule has 2 nitrogen and oxygen atoms in total. The van der Waals surface area contributed by atoms with Crippen molar-refractivity contribution in [1.29, 1.82) is 0 Å². The van der Waals surface area contributed by atoms with Crippen molar-refractivity contribution in [2.45, 2.75) is 25.5 Å². The quantitative estimate of drug-likeness (QED) is 0.757. The lowest BCUT2D eigenvalue weighted by molar-refractivity contribution is 0.139. The highest BCUT2D eigenvalue weighted by molar-refractivity contribution is 7.10. The second-order valence-corrected chi connectivity index (χ2v) is 4.80. The summed E-state index contributed by atoms with van der Waals surface area (Å²) in [5.74, 6) is 0.694. The zero-order valence-corrected chi connectivity index (χ0v) is 8.55. The summed E-state index contributed by atoms with van der Waals surface area (Å²) in [6, 6.07) is 4.25. The second kappa shape index (κ2) is 3.78. The maximum atomic E-state index is 9.97. The average Bonchev–Trinajstić information content (AvgIpc) is 2.72. The minimum absolute atomic E-state index is 0.258. The molecule has 2 rings (SSSR count). The second-order valence-electron chi connectivity index (χ2n) is 3.82. The van der Waals surface area contributed by atoms with Crippen LogP contribution < -0.4 is 5.32 Å². The molecule has 1 saturated heterocycles. The molecule has 0 amide bonds. The first-order chi connectivity index (χ1) is 6.27. The van der Waals surface area contributed by atoms with Gasteiger partial charge in [0.15, 0.2) is 0 Å². The smallest absolute Gasteiger partial charge is 0.103 e. The highest BCUT2D eigenvalue weighted by Crippen LogP contribution is 2.27. The average molecular weight is 197 g/mol. The molecule has 3 heteroatoms. The normalized spacial score (nSPS) is 30.6. The Balaban J connectivity index is 2.02. The van der Waals surface area contributed by atoms with Crippen LogP contribution in [0.4, 0.5) is 0 Å². The number of aliphatic hydroxyl groups excluding tert-OH is 1. The maximum absolute atomic E-state index is 9.97. The summed E-state index contributed by atoms with van der Waals surface area (Å²) in [5.41, 5.74) is 0. The van der Waals surface area contributed by atoms with Crippen LogP contribution in [0.3, 0.4) is 0 Å². The molecule has 1 aliphatic heterocycles. The molecule has 0 bridgehead atoms. The maximum Gasteiger partial charge on any atom is 0.103 e. The van der Waals surface area contributed by atoms with Gasteiger partial charge in [-0.3, -0.25) is 0 Å². The number of aliphatic hydroxyl groups is 1. The van der Waals surface area contributed by atoms with Crippen molar-refractivity contribution < 1.29 is 5.11 Å². The van der Waals surface area contributed by atoms with E-state index in [1.54, 1.807) is 11.3 Å². The molecule has 1 fully saturated rings. The van der Waals surface area contributed by atoms with Crippen LogP contribution in [-0.2, 0) is 0 Å². The van der Waals surface area contributed by atoms with Gasteiger partial charge in [-0.1, -0.05) is 13.0 Å². The molecular weight excluding hydrogens is 182 g/mol. The van der Waals surface area contributed by atoms with Crippen molar-refractivity contribution in [2.24, 2.45) is 5.92 Å². The number of thiophene rings is 1. The van der Waals surface area contributed by atoms with E-state index < -0.39 is 0 Å². The van der Waals surface area contributed by atoms with Crippen LogP contribution in [-0.4, -0.2) is 17.7 Å². The Bertz CT molecular complexity index is 260. The lowest BCUT2D eigenvalue weighted by Gasteiger charge is -2.16. The van der Waals surface area contributed by atoms with Gasteiger partial charge in [-0.25, -0.2) is 0 Å². The van der Waals surface area contributed by atoms with Crippen LogP contribution in [0, 0.1) is 5.92 Å². The summed E-state index contributed by atoms with van der Waals surface area (Å²) in [7, 11) is 0. The van der Waals surface area contributed by atoms with Gasteiger partial charge in [0.25, 0.3) is 0 Å². The Labute approximate surface area is 82.6 Å². The van der Waals surface area contributed by atoms with Crippen molar-refractivity contribution in [1.82, 2.24) is 5.32 Å². The van der Waals surface area contributed by atoms with E-state index in [2.05, 4.69) is 12.2 Å². The van der Waals surface area contributed by atoms with Crippen LogP contribution in [0.1, 0.15) is 24.3 Å². The molecule has 0 saturated carbocycles. The Morgan fingerprint density at radius 3 is 3.08 bits per heavy atom. The van der Waals surface area contributed by atoms with Gasteiger partial charge in [0, 0.05) is 10.9 Å². The molecule has 1 aromatic heterocycles. The fourth-order valence-electron chi connectivity index (χ4n) is 1.85. The summed E-state index contributed by atoms with van der Waals surface area (Å²) in [4.78, 5) is 1.08. The van der Waals surface area contributed by atoms with Gasteiger partial charge in [-0.2, -0.15) is 0 Å². The molecule has 2 N–H and O–H groups in total. The predicted octanol–water partition coefficient (Wildman–Crippen LogP) is 1.78. The van der Waals surface area contributed by atoms with Crippen molar-refractivity contribution in [2.75, 3.05) is 6.54 Å². The van der Waals surface area contributed by atoms with Gasteiger partial charge in [0.05, 0.1) is 0 Å². The Hall–Kier alpha value is -0.380. The molecule has 0 aromatic carbocycles. The number of hydrogen-bond donors (Lipinski definition) is 2. The molecule has 0 spiro atoms. The molecule has 2 heterocycles. The molecule has 72 valence electrons. The molecule has 1 aliphatic rings. The molecule has 0 aliphatic carbocycles. The minimum atomic E-state index is -0.315. The Morgan fingerprint density at radius 1 is 1.69 bits per heavy atom. The molecule has 3 atom stereocenters. The minimum Gasteiger partial charge on any atom is -0.386 e. The molecule has 13 heavy (non-hydrogen) atoms. The van der Waals surface area contributed by atoms with Crippen molar-refractivity contribution in [3.63, 3.8) is 0 Å². The van der Waals surface area contributed by atoms with E-state index in [1.807, 2.05) is 17.5 Å². The first-order valence-corrected chi connectivity index (χ1v) is 5.60. The fourth-order valence-corrected chi connectivity index (χ4v) is 2.63. The van der Waals surface area contributed by atoms with Gasteiger partial charge in [0.1, 0.15) is 6.10 Å². The van der Waals surface area contributed by atoms with Crippen molar-refractivity contribution >= 4 is 11.3 Å². The monoisotopic (exact) mass is 197 g/mol. The van der Waals surface area contributed by atoms with E-state index in [-0.39, 0.29) is 12.1 Å². The lowest BCUT2D eigenvalue weighted by atomic mass is 10.0. The van der Waals surface area contributed by atoms with Crippen molar-refractivity contribution in [3.8, 4) is 0 Å². The molecule has 1 unspecified atom stereocenters. The largest absolute Gasteiger partial charge is 0.386 e. The Morgan fingerprint density at radius 2 is 2.54 bits per heavy atom. The summed E-state index contributed by atoms with van der Waals surface area (Å²) in [6.07, 6.45) is 0.768. The third-order valence-corrected chi connectivity index (χ3v) is 3.54. The fraction of sp³-hybridized carbons (Fsp3) is 0.600. The first kappa shape index (κ1) is 9.19. The number of rotatable bonds is 2. The van der Waals surface area contributed by atoms with Crippen LogP contribution in [0.15, 0.2) is 17.5 Å². The predicted molar refractivity (Wildman–Crippen MR) is 54.9 cm³/mol. The highest BCUT2D eigenvalue weighted by Gasteiger charge is 2.28. The van der Waals surface area contributed by atoms with E-state index in [0.717, 1.165) is 17.8 Å². The van der Waals surface area contributed by atoms with E-state index >= 15 is 0 Å². The third-order valence-electron chi connectivity index (χ3n) is 2.60. The number of nitrogens with one attached hydrogen (secondary N) is 1. The molecular formula is C10H15NOS. The third kappa shape index (κ3) is 1.93. The topological polar surface area (TPSA) is 32.3 Å². The standard InChI is InChI=1S/C10H15NOS/c1-7-5-8(11-6-7)10(12)9-3-2-4-13-9/h2-4,7-8,10-12H,5-6H2,1H3/t7-,8+,10?/m1/s1. The van der Waals surface area contributed by atoms with Gasteiger partial charge in [-0.05, 0) is 30.3 Å². The van der Waals surface area contributed by atoms with Crippen molar-refractivity contribution in [3.05, 3.63) is 22.4 Å². The van der Waals surface area contributed by atoms with Gasteiger partial charge >= 0.3 is 0 Å². The first-order valence-electron chi connectivity index (χ1n) is 4.72. The summed E-state index contributed by atoms with van der Waals surface area (Å²) in [5, 5.41) is 15.3. The van der Waals surface area contributed by atoms with Gasteiger partial charge in [-0.15, -0.1) is 11.3 Å². The van der Waals surface area contributed by atoms with E-state index in [4.69, 9.17) is 0 Å². The number of hydrogen-bond acceptors (Lipinski definition) is 3. The van der Waals surface area contributed by atoms with Crippen LogP contribution in [0.25, 0.3) is 0 Å². The zero-order chi connectivity index (χ0) is 9.26. The molecule has 0 radical (unpaired) electrons. The summed E-state index contributed by atoms with van der Waals surface area (Å²) >= 11 is 1.63. The highest BCUT2D eigenvalue weighted by atomic mass is 32.1. The van der Waals surface area contributed by atoms with Crippen LogP contribution in [0.5, 0.6) is 0 Å². The van der Waals surface area contributed by atoms with Gasteiger partial charge in [0.2, 0.25) is 0 Å². The van der Waals surface area contributed by atoms with E-state index in [1.165, 1.54) is 0 Å². The van der Waals surface area contributed by atoms with E-state index in [9.17, 15) is 5.11 Å². The Kier molecular flexibility index (Phi) is 2.67. The van der Waals surface area contributed by atoms with E-state index in [0.29, 0.717) is 5.92 Å². The van der Waals surface area contributed by atoms with Crippen LogP contribution >= 0.6 is 11.3 Å².